The minimum Gasteiger partial charge on any atom is -0.465 e. The van der Waals surface area contributed by atoms with E-state index >= 15 is 0 Å². The van der Waals surface area contributed by atoms with Gasteiger partial charge < -0.3 is 14.2 Å². The van der Waals surface area contributed by atoms with Gasteiger partial charge in [0.2, 0.25) is 0 Å². The number of halogens is 1. The van der Waals surface area contributed by atoms with Crippen LogP contribution in [-0.4, -0.2) is 41.9 Å². The summed E-state index contributed by atoms with van der Waals surface area (Å²) in [5, 5.41) is 5.95. The second-order valence-corrected chi connectivity index (χ2v) is 8.35. The van der Waals surface area contributed by atoms with E-state index < -0.39 is 17.9 Å². The molecule has 0 atom stereocenters. The third-order valence-corrected chi connectivity index (χ3v) is 6.17. The monoisotopic (exact) mass is 484 g/mol. The molecule has 0 amide bonds. The highest BCUT2D eigenvalue weighted by atomic mass is 35.5. The van der Waals surface area contributed by atoms with Crippen LogP contribution in [0.3, 0.4) is 0 Å². The van der Waals surface area contributed by atoms with Crippen LogP contribution in [0, 0.1) is 6.92 Å². The van der Waals surface area contributed by atoms with Crippen LogP contribution in [0.2, 0.25) is 5.02 Å². The van der Waals surface area contributed by atoms with E-state index in [4.69, 9.17) is 21.1 Å². The number of aromatic nitrogens is 2. The molecular weight excluding hydrogens is 468 g/mol. The Bertz CT molecular complexity index is 1390. The molecule has 0 bridgehead atoms. The lowest BCUT2D eigenvalue weighted by Crippen LogP contribution is -2.13. The van der Waals surface area contributed by atoms with Gasteiger partial charge in [-0.3, -0.25) is 0 Å². The number of carbonyl (C=O) groups excluding carboxylic acids is 3. The molecule has 0 unspecified atom stereocenters. The number of nitrogens with zero attached hydrogens (tertiary/aromatic N) is 2. The molecule has 0 saturated carbocycles. The first-order valence-corrected chi connectivity index (χ1v) is 10.8. The van der Waals surface area contributed by atoms with E-state index in [-0.39, 0.29) is 16.9 Å². The summed E-state index contributed by atoms with van der Waals surface area (Å²) in [6.07, 6.45) is 0. The Balaban J connectivity index is 1.68. The number of hydrogen-bond donors (Lipinski definition) is 0. The SMILES string of the molecule is COC(=O)c1ccc(OC(=O)c2cc3c(C)nn(-c4ccc(Cl)cc4)c3s2)c(C(=O)OC)c1. The fourth-order valence-corrected chi connectivity index (χ4v) is 4.37. The number of hydrogen-bond acceptors (Lipinski definition) is 8. The second-order valence-electron chi connectivity index (χ2n) is 6.89. The molecule has 0 aliphatic rings. The zero-order valence-corrected chi connectivity index (χ0v) is 19.3. The highest BCUT2D eigenvalue weighted by Crippen LogP contribution is 2.32. The van der Waals surface area contributed by atoms with Crippen molar-refractivity contribution in [1.29, 1.82) is 0 Å². The number of methoxy groups -OCH3 is 2. The number of fused-ring (bicyclic) bond motifs is 1. The number of esters is 3. The molecule has 2 heterocycles. The van der Waals surface area contributed by atoms with Crippen molar-refractivity contribution >= 4 is 51.1 Å². The molecule has 0 aliphatic heterocycles. The third kappa shape index (κ3) is 4.33. The van der Waals surface area contributed by atoms with Gasteiger partial charge in [-0.2, -0.15) is 5.10 Å². The summed E-state index contributed by atoms with van der Waals surface area (Å²) in [5.74, 6) is -2.08. The van der Waals surface area contributed by atoms with Crippen LogP contribution in [0.4, 0.5) is 0 Å². The fourth-order valence-electron chi connectivity index (χ4n) is 3.19. The Morgan fingerprint density at radius 2 is 1.64 bits per heavy atom. The number of aryl methyl sites for hydroxylation is 1. The average molecular weight is 485 g/mol. The lowest BCUT2D eigenvalue weighted by Gasteiger charge is -2.09. The summed E-state index contributed by atoms with van der Waals surface area (Å²) >= 11 is 7.18. The van der Waals surface area contributed by atoms with Gasteiger partial charge in [-0.05, 0) is 55.5 Å². The van der Waals surface area contributed by atoms with Crippen molar-refractivity contribution in [2.24, 2.45) is 0 Å². The van der Waals surface area contributed by atoms with Gasteiger partial charge in [-0.1, -0.05) is 11.6 Å². The predicted octanol–water partition coefficient (Wildman–Crippen LogP) is 4.84. The minimum absolute atomic E-state index is 0.0343. The summed E-state index contributed by atoms with van der Waals surface area (Å²) < 4.78 is 16.7. The molecule has 8 nitrogen and oxygen atoms in total. The van der Waals surface area contributed by atoms with E-state index in [2.05, 4.69) is 9.84 Å². The van der Waals surface area contributed by atoms with Crippen molar-refractivity contribution in [2.45, 2.75) is 6.92 Å². The quantitative estimate of drug-likeness (QED) is 0.295. The third-order valence-electron chi connectivity index (χ3n) is 4.83. The molecule has 10 heteroatoms. The van der Waals surface area contributed by atoms with Gasteiger partial charge in [0.05, 0.1) is 31.2 Å². The molecule has 4 aromatic rings. The largest absolute Gasteiger partial charge is 0.465 e. The number of carbonyl (C=O) groups is 3. The van der Waals surface area contributed by atoms with Crippen molar-refractivity contribution in [3.05, 3.63) is 75.3 Å². The maximum absolute atomic E-state index is 12.9. The maximum Gasteiger partial charge on any atom is 0.353 e. The predicted molar refractivity (Wildman–Crippen MR) is 123 cm³/mol. The first-order valence-electron chi connectivity index (χ1n) is 9.60. The summed E-state index contributed by atoms with van der Waals surface area (Å²) in [7, 11) is 2.42. The Morgan fingerprint density at radius 1 is 0.939 bits per heavy atom. The average Bonchev–Trinajstić information content (AvgIpc) is 3.39. The van der Waals surface area contributed by atoms with E-state index in [9.17, 15) is 14.4 Å². The number of rotatable bonds is 5. The highest BCUT2D eigenvalue weighted by Gasteiger charge is 2.23. The van der Waals surface area contributed by atoms with Crippen LogP contribution in [0.5, 0.6) is 5.75 Å². The van der Waals surface area contributed by atoms with Gasteiger partial charge in [0, 0.05) is 10.4 Å². The van der Waals surface area contributed by atoms with E-state index in [1.54, 1.807) is 22.9 Å². The molecule has 0 fully saturated rings. The van der Waals surface area contributed by atoms with E-state index in [1.807, 2.05) is 19.1 Å². The van der Waals surface area contributed by atoms with Crippen molar-refractivity contribution in [2.75, 3.05) is 14.2 Å². The van der Waals surface area contributed by atoms with E-state index in [1.165, 1.54) is 43.8 Å². The summed E-state index contributed by atoms with van der Waals surface area (Å²) in [4.78, 5) is 38.0. The second kappa shape index (κ2) is 9.05. The topological polar surface area (TPSA) is 96.7 Å². The first kappa shape index (κ1) is 22.5. The van der Waals surface area contributed by atoms with Gasteiger partial charge in [0.15, 0.2) is 0 Å². The molecule has 0 spiro atoms. The standard InChI is InChI=1S/C23H17ClN2O6S/c1-12-16-11-19(33-20(16)26(25-12)15-7-5-14(24)6-8-15)23(29)32-18-9-4-13(21(27)30-2)10-17(18)22(28)31-3/h4-11H,1-3H3. The zero-order valence-electron chi connectivity index (χ0n) is 17.7. The van der Waals surface area contributed by atoms with Crippen molar-refractivity contribution in [1.82, 2.24) is 9.78 Å². The zero-order chi connectivity index (χ0) is 23.7. The molecule has 4 rings (SSSR count). The van der Waals surface area contributed by atoms with E-state index in [0.29, 0.717) is 9.90 Å². The van der Waals surface area contributed by atoms with Crippen molar-refractivity contribution in [3.8, 4) is 11.4 Å². The molecular formula is C23H17ClN2O6S. The first-order chi connectivity index (χ1) is 15.8. The lowest BCUT2D eigenvalue weighted by molar-refractivity contribution is 0.0593. The van der Waals surface area contributed by atoms with Gasteiger partial charge in [0.1, 0.15) is 21.0 Å². The van der Waals surface area contributed by atoms with Crippen molar-refractivity contribution < 1.29 is 28.6 Å². The lowest BCUT2D eigenvalue weighted by atomic mass is 10.1. The number of thiophene rings is 1. The number of benzene rings is 2. The molecule has 0 saturated heterocycles. The summed E-state index contributed by atoms with van der Waals surface area (Å²) in [6.45, 7) is 1.84. The van der Waals surface area contributed by atoms with Crippen LogP contribution >= 0.6 is 22.9 Å². The van der Waals surface area contributed by atoms with Crippen molar-refractivity contribution in [3.63, 3.8) is 0 Å². The molecule has 0 radical (unpaired) electrons. The normalized spacial score (nSPS) is 10.8. The van der Waals surface area contributed by atoms with Crippen LogP contribution in [0.25, 0.3) is 15.9 Å². The van der Waals surface area contributed by atoms with Crippen LogP contribution in [0.15, 0.2) is 48.5 Å². The number of ether oxygens (including phenoxy) is 3. The van der Waals surface area contributed by atoms with E-state index in [0.717, 1.165) is 21.6 Å². The van der Waals surface area contributed by atoms with Crippen LogP contribution < -0.4 is 4.74 Å². The van der Waals surface area contributed by atoms with Gasteiger partial charge >= 0.3 is 17.9 Å². The van der Waals surface area contributed by atoms with Crippen LogP contribution in [0.1, 0.15) is 36.1 Å². The molecule has 0 N–H and O–H groups in total. The molecule has 0 aliphatic carbocycles. The fraction of sp³-hybridized carbons (Fsp3) is 0.130. The summed E-state index contributed by atoms with van der Waals surface area (Å²) in [5.41, 5.74) is 1.59. The smallest absolute Gasteiger partial charge is 0.353 e. The van der Waals surface area contributed by atoms with Gasteiger partial charge in [-0.15, -0.1) is 11.3 Å². The van der Waals surface area contributed by atoms with Gasteiger partial charge in [-0.25, -0.2) is 19.1 Å². The Morgan fingerprint density at radius 3 is 2.30 bits per heavy atom. The Kier molecular flexibility index (Phi) is 6.17. The highest BCUT2D eigenvalue weighted by molar-refractivity contribution is 7.20. The maximum atomic E-state index is 12.9. The minimum atomic E-state index is -0.755. The summed E-state index contributed by atoms with van der Waals surface area (Å²) in [6, 6.07) is 12.9. The van der Waals surface area contributed by atoms with Gasteiger partial charge in [0.25, 0.3) is 0 Å². The Labute approximate surface area is 197 Å². The molecule has 168 valence electrons. The molecule has 2 aromatic heterocycles. The van der Waals surface area contributed by atoms with Crippen LogP contribution in [-0.2, 0) is 9.47 Å². The Hall–Kier alpha value is -3.69. The molecule has 33 heavy (non-hydrogen) atoms. The molecule has 2 aromatic carbocycles.